The first kappa shape index (κ1) is 17.2. The average molecular weight is 319 g/mol. The summed E-state index contributed by atoms with van der Waals surface area (Å²) in [6.45, 7) is 11.7. The van der Waals surface area contributed by atoms with Crippen molar-refractivity contribution >= 4 is 25.6 Å². The highest BCUT2D eigenvalue weighted by Gasteiger charge is 2.21. The second-order valence-electron chi connectivity index (χ2n) is 5.82. The molecule has 0 aliphatic carbocycles. The Bertz CT molecular complexity index is 469. The second-order valence-corrected chi connectivity index (χ2v) is 11.8. The van der Waals surface area contributed by atoms with Crippen molar-refractivity contribution in [3.63, 3.8) is 0 Å². The Hall–Kier alpha value is -0.853. The fraction of sp³-hybridized carbons (Fsp3) is 0.692. The summed E-state index contributed by atoms with van der Waals surface area (Å²) in [4.78, 5) is 11.8. The van der Waals surface area contributed by atoms with Crippen molar-refractivity contribution in [3.8, 4) is 0 Å². The minimum Gasteiger partial charge on any atom is -0.462 e. The van der Waals surface area contributed by atoms with E-state index in [0.717, 1.165) is 6.04 Å². The van der Waals surface area contributed by atoms with Crippen LogP contribution in [0.4, 0.5) is 0 Å². The van der Waals surface area contributed by atoms with Crippen molar-refractivity contribution in [3.05, 3.63) is 16.4 Å². The lowest BCUT2D eigenvalue weighted by molar-refractivity contribution is 0.0523. The molecule has 1 aromatic heterocycles. The minimum atomic E-state index is -1.10. The predicted octanol–water partition coefficient (Wildman–Crippen LogP) is 3.33. The van der Waals surface area contributed by atoms with Crippen molar-refractivity contribution in [2.24, 2.45) is 0 Å². The van der Waals surface area contributed by atoms with Crippen LogP contribution in [0.15, 0.2) is 0 Å². The molecule has 0 N–H and O–H groups in total. The topological polar surface area (TPSA) is 53.3 Å². The number of hydrogen-bond acceptors (Lipinski definition) is 4. The van der Waals surface area contributed by atoms with E-state index in [-0.39, 0.29) is 5.15 Å². The molecule has 0 fully saturated rings. The van der Waals surface area contributed by atoms with Crippen LogP contribution < -0.4 is 0 Å². The maximum Gasteiger partial charge on any atom is 0.343 e. The molecule has 0 atom stereocenters. The molecule has 5 nitrogen and oxygen atoms in total. The molecular weight excluding hydrogens is 296 g/mol. The van der Waals surface area contributed by atoms with E-state index in [0.29, 0.717) is 31.2 Å². The van der Waals surface area contributed by atoms with Crippen LogP contribution in [0.2, 0.25) is 30.8 Å². The number of aromatic nitrogens is 2. The number of esters is 1. The van der Waals surface area contributed by atoms with Crippen molar-refractivity contribution in [1.82, 2.24) is 9.78 Å². The highest BCUT2D eigenvalue weighted by Crippen LogP contribution is 2.20. The zero-order valence-corrected chi connectivity index (χ0v) is 14.6. The van der Waals surface area contributed by atoms with Gasteiger partial charge in [0.05, 0.1) is 12.3 Å². The van der Waals surface area contributed by atoms with E-state index in [1.54, 1.807) is 18.5 Å². The van der Waals surface area contributed by atoms with Gasteiger partial charge in [-0.25, -0.2) is 9.48 Å². The zero-order valence-electron chi connectivity index (χ0n) is 12.8. The first-order valence-corrected chi connectivity index (χ1v) is 10.8. The van der Waals surface area contributed by atoms with Crippen LogP contribution in [-0.4, -0.2) is 37.0 Å². The molecule has 1 rings (SSSR count). The number of rotatable bonds is 7. The number of carbonyl (C=O) groups is 1. The Morgan fingerprint density at radius 2 is 2.05 bits per heavy atom. The van der Waals surface area contributed by atoms with Crippen LogP contribution in [0, 0.1) is 6.92 Å². The first-order valence-electron chi connectivity index (χ1n) is 6.74. The van der Waals surface area contributed by atoms with Gasteiger partial charge in [-0.1, -0.05) is 31.2 Å². The molecule has 1 aromatic rings. The van der Waals surface area contributed by atoms with E-state index in [9.17, 15) is 4.79 Å². The quantitative estimate of drug-likeness (QED) is 0.439. The van der Waals surface area contributed by atoms with Gasteiger partial charge in [0.2, 0.25) is 0 Å². The molecule has 7 heteroatoms. The van der Waals surface area contributed by atoms with Gasteiger partial charge in [-0.05, 0) is 19.9 Å². The van der Waals surface area contributed by atoms with Crippen LogP contribution in [0.3, 0.4) is 0 Å². The molecule has 0 saturated carbocycles. The second kappa shape index (κ2) is 7.24. The van der Waals surface area contributed by atoms with E-state index < -0.39 is 14.0 Å². The van der Waals surface area contributed by atoms with Crippen LogP contribution in [-0.2, 0) is 16.2 Å². The SMILES string of the molecule is CCOC(=O)c1c(Cl)nn(COCC[Si](C)(C)C)c1C. The summed E-state index contributed by atoms with van der Waals surface area (Å²) in [5.74, 6) is -0.441. The van der Waals surface area contributed by atoms with E-state index in [2.05, 4.69) is 24.7 Å². The maximum atomic E-state index is 11.8. The van der Waals surface area contributed by atoms with E-state index in [4.69, 9.17) is 21.1 Å². The van der Waals surface area contributed by atoms with Crippen LogP contribution >= 0.6 is 11.6 Å². The van der Waals surface area contributed by atoms with E-state index in [1.165, 1.54) is 0 Å². The highest BCUT2D eigenvalue weighted by molar-refractivity contribution is 6.76. The lowest BCUT2D eigenvalue weighted by Gasteiger charge is -2.15. The van der Waals surface area contributed by atoms with Gasteiger partial charge in [0.1, 0.15) is 12.3 Å². The summed E-state index contributed by atoms with van der Waals surface area (Å²) in [5, 5.41) is 4.28. The highest BCUT2D eigenvalue weighted by atomic mass is 35.5. The third-order valence-corrected chi connectivity index (χ3v) is 4.82. The Labute approximate surface area is 126 Å². The molecule has 0 unspecified atom stereocenters. The molecule has 20 heavy (non-hydrogen) atoms. The normalized spacial score (nSPS) is 11.7. The molecule has 0 aromatic carbocycles. The summed E-state index contributed by atoms with van der Waals surface area (Å²) in [6, 6.07) is 1.09. The average Bonchev–Trinajstić information content (AvgIpc) is 2.59. The van der Waals surface area contributed by atoms with Gasteiger partial charge in [0, 0.05) is 14.7 Å². The summed E-state index contributed by atoms with van der Waals surface area (Å²) in [5.41, 5.74) is 0.990. The van der Waals surface area contributed by atoms with Gasteiger partial charge in [-0.15, -0.1) is 0 Å². The lowest BCUT2D eigenvalue weighted by Crippen LogP contribution is -2.22. The minimum absolute atomic E-state index is 0.162. The Morgan fingerprint density at radius 1 is 1.40 bits per heavy atom. The van der Waals surface area contributed by atoms with E-state index >= 15 is 0 Å². The Kier molecular flexibility index (Phi) is 6.23. The predicted molar refractivity (Wildman–Crippen MR) is 82.0 cm³/mol. The first-order chi connectivity index (χ1) is 9.26. The summed E-state index contributed by atoms with van der Waals surface area (Å²) >= 11 is 5.98. The largest absolute Gasteiger partial charge is 0.462 e. The molecule has 0 bridgehead atoms. The number of nitrogens with zero attached hydrogens (tertiary/aromatic N) is 2. The van der Waals surface area contributed by atoms with Crippen molar-refractivity contribution in [2.45, 2.75) is 46.3 Å². The fourth-order valence-corrected chi connectivity index (χ4v) is 2.66. The van der Waals surface area contributed by atoms with Crippen LogP contribution in [0.5, 0.6) is 0 Å². The zero-order chi connectivity index (χ0) is 15.3. The van der Waals surface area contributed by atoms with Crippen LogP contribution in [0.25, 0.3) is 0 Å². The molecule has 0 saturated heterocycles. The van der Waals surface area contributed by atoms with Crippen molar-refractivity contribution < 1.29 is 14.3 Å². The summed E-state index contributed by atoms with van der Waals surface area (Å²) in [7, 11) is -1.10. The van der Waals surface area contributed by atoms with Gasteiger partial charge in [-0.2, -0.15) is 5.10 Å². The van der Waals surface area contributed by atoms with Crippen molar-refractivity contribution in [2.75, 3.05) is 13.2 Å². The van der Waals surface area contributed by atoms with Gasteiger partial charge < -0.3 is 9.47 Å². The summed E-state index contributed by atoms with van der Waals surface area (Å²) < 4.78 is 12.2. The maximum absolute atomic E-state index is 11.8. The van der Waals surface area contributed by atoms with E-state index in [1.807, 2.05) is 0 Å². The van der Waals surface area contributed by atoms with Gasteiger partial charge in [0.15, 0.2) is 5.15 Å². The molecule has 0 aliphatic heterocycles. The lowest BCUT2D eigenvalue weighted by atomic mass is 10.3. The smallest absolute Gasteiger partial charge is 0.343 e. The molecule has 0 amide bonds. The molecular formula is C13H23ClN2O3Si. The molecule has 1 heterocycles. The molecule has 0 spiro atoms. The van der Waals surface area contributed by atoms with Gasteiger partial charge >= 0.3 is 5.97 Å². The Morgan fingerprint density at radius 3 is 2.60 bits per heavy atom. The van der Waals surface area contributed by atoms with Crippen molar-refractivity contribution in [1.29, 1.82) is 0 Å². The third kappa shape index (κ3) is 4.92. The van der Waals surface area contributed by atoms with Gasteiger partial charge in [-0.3, -0.25) is 0 Å². The number of hydrogen-bond donors (Lipinski definition) is 0. The molecule has 0 aliphatic rings. The fourth-order valence-electron chi connectivity index (χ4n) is 1.60. The van der Waals surface area contributed by atoms with Gasteiger partial charge in [0.25, 0.3) is 0 Å². The Balaban J connectivity index is 2.64. The standard InChI is InChI=1S/C13H23ClN2O3Si/c1-6-19-13(17)11-10(2)16(15-12(11)14)9-18-7-8-20(3,4)5/h6-9H2,1-5H3. The monoisotopic (exact) mass is 318 g/mol. The molecule has 114 valence electrons. The third-order valence-electron chi connectivity index (χ3n) is 2.85. The number of carbonyl (C=O) groups excluding carboxylic acids is 1. The number of halogens is 1. The summed E-state index contributed by atoms with van der Waals surface area (Å²) in [6.07, 6.45) is 0. The molecule has 0 radical (unpaired) electrons. The van der Waals surface area contributed by atoms with Crippen LogP contribution in [0.1, 0.15) is 23.0 Å². The number of ether oxygens (including phenoxy) is 2.